The molecule has 1 aromatic rings. The van der Waals surface area contributed by atoms with Crippen molar-refractivity contribution in [1.82, 2.24) is 9.78 Å². The van der Waals surface area contributed by atoms with Crippen LogP contribution in [0.1, 0.15) is 37.8 Å². The molecule has 86 valence electrons. The van der Waals surface area contributed by atoms with Gasteiger partial charge in [-0.3, -0.25) is 4.68 Å². The highest BCUT2D eigenvalue weighted by molar-refractivity contribution is 5.86. The summed E-state index contributed by atoms with van der Waals surface area (Å²) in [6, 6.07) is 2.03. The number of rotatable bonds is 5. The van der Waals surface area contributed by atoms with Gasteiger partial charge in [-0.05, 0) is 25.3 Å². The Morgan fingerprint density at radius 2 is 2.44 bits per heavy atom. The Morgan fingerprint density at radius 3 is 3.00 bits per heavy atom. The molecule has 0 bridgehead atoms. The monoisotopic (exact) mass is 220 g/mol. The lowest BCUT2D eigenvalue weighted by molar-refractivity contribution is -0.132. The molecule has 4 nitrogen and oxygen atoms in total. The lowest BCUT2D eigenvalue weighted by atomic mass is 10.2. The average molecular weight is 220 g/mol. The van der Waals surface area contributed by atoms with E-state index in [9.17, 15) is 4.79 Å². The van der Waals surface area contributed by atoms with Gasteiger partial charge in [-0.2, -0.15) is 5.10 Å². The third-order valence-corrected chi connectivity index (χ3v) is 2.84. The van der Waals surface area contributed by atoms with Crippen molar-refractivity contribution in [3.63, 3.8) is 0 Å². The van der Waals surface area contributed by atoms with Gasteiger partial charge in [0, 0.05) is 17.7 Å². The lowest BCUT2D eigenvalue weighted by Gasteiger charge is -1.99. The fourth-order valence-corrected chi connectivity index (χ4v) is 1.66. The summed E-state index contributed by atoms with van der Waals surface area (Å²) < 4.78 is 1.80. The van der Waals surface area contributed by atoms with E-state index in [0.717, 1.165) is 5.69 Å². The number of carboxylic acids is 1. The van der Waals surface area contributed by atoms with Crippen LogP contribution in [-0.2, 0) is 11.3 Å². The standard InChI is InChI=1S/C12H16N2O2/c1-2-9(12(15)16)5-7-14-8-6-11(13-14)10-3-4-10/h5-6,8,10H,2-4,7H2,1H3,(H,15,16). The van der Waals surface area contributed by atoms with E-state index >= 15 is 0 Å². The Morgan fingerprint density at radius 1 is 1.69 bits per heavy atom. The van der Waals surface area contributed by atoms with Crippen LogP contribution in [0.4, 0.5) is 0 Å². The predicted octanol–water partition coefficient (Wildman–Crippen LogP) is 2.18. The van der Waals surface area contributed by atoms with Crippen LogP contribution in [0.25, 0.3) is 0 Å². The number of nitrogens with zero attached hydrogens (tertiary/aromatic N) is 2. The highest BCUT2D eigenvalue weighted by Crippen LogP contribution is 2.38. The van der Waals surface area contributed by atoms with Gasteiger partial charge in [0.15, 0.2) is 0 Å². The molecule has 16 heavy (non-hydrogen) atoms. The van der Waals surface area contributed by atoms with Crippen LogP contribution in [0.2, 0.25) is 0 Å². The van der Waals surface area contributed by atoms with Crippen LogP contribution in [0.5, 0.6) is 0 Å². The van der Waals surface area contributed by atoms with Crippen molar-refractivity contribution >= 4 is 5.97 Å². The van der Waals surface area contributed by atoms with Crippen LogP contribution in [0.15, 0.2) is 23.9 Å². The Bertz CT molecular complexity index is 416. The van der Waals surface area contributed by atoms with E-state index < -0.39 is 5.97 Å². The average Bonchev–Trinajstić information content (AvgIpc) is 3.00. The van der Waals surface area contributed by atoms with Gasteiger partial charge in [-0.1, -0.05) is 13.0 Å². The molecule has 1 heterocycles. The summed E-state index contributed by atoms with van der Waals surface area (Å²) in [5.74, 6) is -0.188. The van der Waals surface area contributed by atoms with Gasteiger partial charge in [-0.25, -0.2) is 4.79 Å². The Hall–Kier alpha value is -1.58. The largest absolute Gasteiger partial charge is 0.478 e. The summed E-state index contributed by atoms with van der Waals surface area (Å²) in [5.41, 5.74) is 1.59. The van der Waals surface area contributed by atoms with Gasteiger partial charge in [0.25, 0.3) is 0 Å². The molecule has 1 fully saturated rings. The second-order valence-corrected chi connectivity index (χ2v) is 4.12. The molecule has 1 aliphatic carbocycles. The molecule has 0 atom stereocenters. The molecule has 0 aromatic carbocycles. The molecule has 0 spiro atoms. The van der Waals surface area contributed by atoms with Crippen molar-refractivity contribution in [2.24, 2.45) is 0 Å². The van der Waals surface area contributed by atoms with Gasteiger partial charge in [-0.15, -0.1) is 0 Å². The molecule has 1 aromatic heterocycles. The normalized spacial score (nSPS) is 16.4. The molecular formula is C12H16N2O2. The quantitative estimate of drug-likeness (QED) is 0.774. The first-order valence-corrected chi connectivity index (χ1v) is 5.66. The van der Waals surface area contributed by atoms with Crippen molar-refractivity contribution in [2.45, 2.75) is 38.6 Å². The Kier molecular flexibility index (Phi) is 3.08. The Balaban J connectivity index is 1.99. The SMILES string of the molecule is CCC(=CCn1ccc(C2CC2)n1)C(=O)O. The van der Waals surface area contributed by atoms with Crippen LogP contribution in [-0.4, -0.2) is 20.9 Å². The van der Waals surface area contributed by atoms with Crippen LogP contribution in [0.3, 0.4) is 0 Å². The third-order valence-electron chi connectivity index (χ3n) is 2.84. The van der Waals surface area contributed by atoms with E-state index in [4.69, 9.17) is 5.11 Å². The molecule has 4 heteroatoms. The van der Waals surface area contributed by atoms with E-state index in [2.05, 4.69) is 5.10 Å². The fraction of sp³-hybridized carbons (Fsp3) is 0.500. The molecule has 0 radical (unpaired) electrons. The fourth-order valence-electron chi connectivity index (χ4n) is 1.66. The first-order valence-electron chi connectivity index (χ1n) is 5.66. The number of hydrogen-bond acceptors (Lipinski definition) is 2. The lowest BCUT2D eigenvalue weighted by Crippen LogP contribution is -2.03. The third kappa shape index (κ3) is 2.51. The van der Waals surface area contributed by atoms with Crippen molar-refractivity contribution in [2.75, 3.05) is 0 Å². The maximum absolute atomic E-state index is 10.8. The summed E-state index contributed by atoms with van der Waals surface area (Å²) in [4.78, 5) is 10.8. The maximum Gasteiger partial charge on any atom is 0.331 e. The first-order chi connectivity index (χ1) is 7.70. The summed E-state index contributed by atoms with van der Waals surface area (Å²) >= 11 is 0. The predicted molar refractivity (Wildman–Crippen MR) is 60.2 cm³/mol. The van der Waals surface area contributed by atoms with E-state index in [1.807, 2.05) is 19.2 Å². The zero-order valence-electron chi connectivity index (χ0n) is 9.39. The molecule has 0 amide bonds. The van der Waals surface area contributed by atoms with E-state index in [0.29, 0.717) is 24.5 Å². The van der Waals surface area contributed by atoms with Gasteiger partial charge in [0.05, 0.1) is 12.2 Å². The van der Waals surface area contributed by atoms with Crippen LogP contribution in [0, 0.1) is 0 Å². The summed E-state index contributed by atoms with van der Waals surface area (Å²) in [6.45, 7) is 2.39. The topological polar surface area (TPSA) is 55.1 Å². The molecule has 0 unspecified atom stereocenters. The number of carboxylic acid groups (broad SMARTS) is 1. The zero-order valence-corrected chi connectivity index (χ0v) is 9.39. The molecule has 2 rings (SSSR count). The molecule has 1 saturated carbocycles. The summed E-state index contributed by atoms with van der Waals surface area (Å²) in [5, 5.41) is 13.3. The maximum atomic E-state index is 10.8. The highest BCUT2D eigenvalue weighted by atomic mass is 16.4. The van der Waals surface area contributed by atoms with Crippen LogP contribution >= 0.6 is 0 Å². The zero-order chi connectivity index (χ0) is 11.5. The molecule has 0 aliphatic heterocycles. The first kappa shape index (κ1) is 10.9. The van der Waals surface area contributed by atoms with Gasteiger partial charge >= 0.3 is 5.97 Å². The number of aromatic nitrogens is 2. The number of hydrogen-bond donors (Lipinski definition) is 1. The number of aliphatic carboxylic acids is 1. The number of carbonyl (C=O) groups is 1. The molecular weight excluding hydrogens is 204 g/mol. The second kappa shape index (κ2) is 4.51. The van der Waals surface area contributed by atoms with E-state index in [1.54, 1.807) is 10.8 Å². The van der Waals surface area contributed by atoms with Crippen molar-refractivity contribution < 1.29 is 9.90 Å². The van der Waals surface area contributed by atoms with E-state index in [-0.39, 0.29) is 0 Å². The Labute approximate surface area is 94.6 Å². The smallest absolute Gasteiger partial charge is 0.331 e. The van der Waals surface area contributed by atoms with Gasteiger partial charge < -0.3 is 5.11 Å². The van der Waals surface area contributed by atoms with Crippen molar-refractivity contribution in [1.29, 1.82) is 0 Å². The van der Waals surface area contributed by atoms with Crippen LogP contribution < -0.4 is 0 Å². The minimum Gasteiger partial charge on any atom is -0.478 e. The number of allylic oxidation sites excluding steroid dienone is 1. The second-order valence-electron chi connectivity index (χ2n) is 4.12. The van der Waals surface area contributed by atoms with Crippen molar-refractivity contribution in [3.05, 3.63) is 29.6 Å². The minimum absolute atomic E-state index is 0.448. The van der Waals surface area contributed by atoms with Gasteiger partial charge in [0.1, 0.15) is 0 Å². The van der Waals surface area contributed by atoms with Crippen molar-refractivity contribution in [3.8, 4) is 0 Å². The highest BCUT2D eigenvalue weighted by Gasteiger charge is 2.25. The molecule has 1 aliphatic rings. The summed E-state index contributed by atoms with van der Waals surface area (Å²) in [7, 11) is 0. The molecule has 0 saturated heterocycles. The minimum atomic E-state index is -0.836. The van der Waals surface area contributed by atoms with Gasteiger partial charge in [0.2, 0.25) is 0 Å². The van der Waals surface area contributed by atoms with E-state index in [1.165, 1.54) is 12.8 Å². The molecule has 1 N–H and O–H groups in total. The summed E-state index contributed by atoms with van der Waals surface area (Å²) in [6.07, 6.45) is 6.67.